The summed E-state index contributed by atoms with van der Waals surface area (Å²) in [7, 11) is 0. The van der Waals surface area contributed by atoms with Crippen LogP contribution in [0.1, 0.15) is 19.8 Å². The number of carboxylic acid groups (broad SMARTS) is 1. The number of hydrogen-bond acceptors (Lipinski definition) is 4. The summed E-state index contributed by atoms with van der Waals surface area (Å²) in [5.74, 6) is -2.28. The molecule has 0 radical (unpaired) electrons. The van der Waals surface area contributed by atoms with Gasteiger partial charge in [0.25, 0.3) is 0 Å². The van der Waals surface area contributed by atoms with Gasteiger partial charge in [0.05, 0.1) is 6.54 Å². The van der Waals surface area contributed by atoms with Crippen LogP contribution in [-0.4, -0.2) is 59.4 Å². The van der Waals surface area contributed by atoms with Gasteiger partial charge in [0, 0.05) is 13.5 Å². The highest BCUT2D eigenvalue weighted by Crippen LogP contribution is 2.17. The first-order chi connectivity index (χ1) is 8.91. The molecule has 1 aliphatic heterocycles. The van der Waals surface area contributed by atoms with Crippen LogP contribution in [0.5, 0.6) is 0 Å². The fraction of sp³-hybridized carbons (Fsp3) is 0.636. The summed E-state index contributed by atoms with van der Waals surface area (Å²) in [6, 6.07) is -0.652. The summed E-state index contributed by atoms with van der Waals surface area (Å²) >= 11 is 0. The van der Waals surface area contributed by atoms with E-state index in [0.29, 0.717) is 19.4 Å². The van der Waals surface area contributed by atoms with Crippen LogP contribution in [0.15, 0.2) is 0 Å². The zero-order valence-corrected chi connectivity index (χ0v) is 10.6. The van der Waals surface area contributed by atoms with Gasteiger partial charge in [-0.1, -0.05) is 0 Å². The predicted molar refractivity (Wildman–Crippen MR) is 64.1 cm³/mol. The smallest absolute Gasteiger partial charge is 0.322 e. The summed E-state index contributed by atoms with van der Waals surface area (Å²) in [4.78, 5) is 46.0. The van der Waals surface area contributed by atoms with Crippen LogP contribution in [0.25, 0.3) is 0 Å². The molecule has 3 N–H and O–H groups in total. The number of carbonyl (C=O) groups is 4. The van der Waals surface area contributed by atoms with Crippen molar-refractivity contribution in [1.29, 1.82) is 0 Å². The van der Waals surface area contributed by atoms with Crippen LogP contribution in [-0.2, 0) is 19.2 Å². The number of nitrogens with one attached hydrogen (secondary N) is 2. The van der Waals surface area contributed by atoms with Gasteiger partial charge in [0.1, 0.15) is 12.6 Å². The first-order valence-electron chi connectivity index (χ1n) is 5.95. The van der Waals surface area contributed by atoms with Gasteiger partial charge in [-0.2, -0.15) is 0 Å². The Balaban J connectivity index is 2.53. The topological polar surface area (TPSA) is 116 Å². The molecule has 0 bridgehead atoms. The minimum atomic E-state index is -1.14. The Labute approximate surface area is 110 Å². The zero-order chi connectivity index (χ0) is 14.4. The molecular formula is C11H17N3O5. The maximum Gasteiger partial charge on any atom is 0.322 e. The molecule has 8 nitrogen and oxygen atoms in total. The Bertz CT molecular complexity index is 360. The van der Waals surface area contributed by atoms with Crippen molar-refractivity contribution in [3.63, 3.8) is 0 Å². The van der Waals surface area contributed by atoms with Crippen molar-refractivity contribution in [3.8, 4) is 0 Å². The molecule has 0 aromatic carbocycles. The zero-order valence-electron chi connectivity index (χ0n) is 10.6. The van der Waals surface area contributed by atoms with Crippen LogP contribution in [0.3, 0.4) is 0 Å². The average Bonchev–Trinajstić information content (AvgIpc) is 2.82. The van der Waals surface area contributed by atoms with E-state index >= 15 is 0 Å². The summed E-state index contributed by atoms with van der Waals surface area (Å²) in [6.07, 6.45) is 1.17. The predicted octanol–water partition coefficient (Wildman–Crippen LogP) is -1.69. The third-order valence-electron chi connectivity index (χ3n) is 2.78. The average molecular weight is 271 g/mol. The molecule has 1 fully saturated rings. The van der Waals surface area contributed by atoms with Gasteiger partial charge >= 0.3 is 5.97 Å². The molecule has 3 amide bonds. The Hall–Kier alpha value is -2.12. The molecule has 106 valence electrons. The molecule has 0 spiro atoms. The second kappa shape index (κ2) is 6.72. The van der Waals surface area contributed by atoms with Crippen molar-refractivity contribution in [2.75, 3.05) is 19.6 Å². The highest BCUT2D eigenvalue weighted by Gasteiger charge is 2.33. The van der Waals surface area contributed by atoms with E-state index in [2.05, 4.69) is 10.6 Å². The molecule has 0 aromatic rings. The minimum absolute atomic E-state index is 0.155. The molecule has 1 unspecified atom stereocenters. The molecule has 1 aliphatic rings. The second-order valence-corrected chi connectivity index (χ2v) is 4.27. The number of nitrogens with zero attached hydrogens (tertiary/aromatic N) is 1. The second-order valence-electron chi connectivity index (χ2n) is 4.27. The lowest BCUT2D eigenvalue weighted by Crippen LogP contribution is -2.49. The first kappa shape index (κ1) is 14.9. The Morgan fingerprint density at radius 3 is 2.47 bits per heavy atom. The standard InChI is InChI=1S/C11H17N3O5/c1-7(15)12-5-9(16)14-4-2-3-8(14)11(19)13-6-10(17)18/h8H,2-6H2,1H3,(H,12,15)(H,13,19)(H,17,18). The van der Waals surface area contributed by atoms with Gasteiger partial charge in [-0.3, -0.25) is 19.2 Å². The molecular weight excluding hydrogens is 254 g/mol. The van der Waals surface area contributed by atoms with Crippen molar-refractivity contribution >= 4 is 23.7 Å². The number of carbonyl (C=O) groups excluding carboxylic acids is 3. The van der Waals surface area contributed by atoms with Crippen molar-refractivity contribution in [3.05, 3.63) is 0 Å². The van der Waals surface area contributed by atoms with Gasteiger partial charge in [-0.05, 0) is 12.8 Å². The monoisotopic (exact) mass is 271 g/mol. The number of rotatable bonds is 5. The molecule has 0 aromatic heterocycles. The van der Waals surface area contributed by atoms with E-state index in [1.807, 2.05) is 0 Å². The lowest BCUT2D eigenvalue weighted by molar-refractivity contribution is -0.141. The van der Waals surface area contributed by atoms with E-state index in [1.54, 1.807) is 0 Å². The molecule has 0 saturated carbocycles. The van der Waals surface area contributed by atoms with Gasteiger partial charge in [0.15, 0.2) is 0 Å². The highest BCUT2D eigenvalue weighted by atomic mass is 16.4. The van der Waals surface area contributed by atoms with Gasteiger partial charge in [-0.15, -0.1) is 0 Å². The van der Waals surface area contributed by atoms with E-state index < -0.39 is 24.5 Å². The van der Waals surface area contributed by atoms with Crippen LogP contribution >= 0.6 is 0 Å². The molecule has 1 saturated heterocycles. The molecule has 19 heavy (non-hydrogen) atoms. The SMILES string of the molecule is CC(=O)NCC(=O)N1CCCC1C(=O)NCC(=O)O. The van der Waals surface area contributed by atoms with Gasteiger partial charge < -0.3 is 20.6 Å². The lowest BCUT2D eigenvalue weighted by Gasteiger charge is -2.23. The van der Waals surface area contributed by atoms with Crippen LogP contribution in [0.4, 0.5) is 0 Å². The van der Waals surface area contributed by atoms with E-state index in [1.165, 1.54) is 11.8 Å². The van der Waals surface area contributed by atoms with Gasteiger partial charge in [0.2, 0.25) is 17.7 Å². The van der Waals surface area contributed by atoms with Gasteiger partial charge in [-0.25, -0.2) is 0 Å². The normalized spacial score (nSPS) is 17.9. The Kier molecular flexibility index (Phi) is 5.28. The number of amides is 3. The first-order valence-corrected chi connectivity index (χ1v) is 5.95. The summed E-state index contributed by atoms with van der Waals surface area (Å²) < 4.78 is 0. The van der Waals surface area contributed by atoms with Crippen molar-refractivity contribution in [1.82, 2.24) is 15.5 Å². The van der Waals surface area contributed by atoms with Crippen LogP contribution in [0.2, 0.25) is 0 Å². The summed E-state index contributed by atoms with van der Waals surface area (Å²) in [5, 5.41) is 13.1. The van der Waals surface area contributed by atoms with Crippen LogP contribution in [0, 0.1) is 0 Å². The maximum atomic E-state index is 11.8. The minimum Gasteiger partial charge on any atom is -0.480 e. The fourth-order valence-electron chi connectivity index (χ4n) is 1.92. The highest BCUT2D eigenvalue weighted by molar-refractivity contribution is 5.91. The number of likely N-dealkylation sites (tertiary alicyclic amines) is 1. The Morgan fingerprint density at radius 1 is 1.21 bits per heavy atom. The lowest BCUT2D eigenvalue weighted by atomic mass is 10.2. The largest absolute Gasteiger partial charge is 0.480 e. The van der Waals surface area contributed by atoms with Crippen molar-refractivity contribution in [2.24, 2.45) is 0 Å². The molecule has 8 heteroatoms. The molecule has 1 atom stereocenters. The fourth-order valence-corrected chi connectivity index (χ4v) is 1.92. The maximum absolute atomic E-state index is 11.8. The van der Waals surface area contributed by atoms with Crippen LogP contribution < -0.4 is 10.6 Å². The Morgan fingerprint density at radius 2 is 1.89 bits per heavy atom. The van der Waals surface area contributed by atoms with Crippen molar-refractivity contribution < 1.29 is 24.3 Å². The van der Waals surface area contributed by atoms with E-state index in [9.17, 15) is 19.2 Å². The van der Waals surface area contributed by atoms with Crippen molar-refractivity contribution in [2.45, 2.75) is 25.8 Å². The molecule has 1 rings (SSSR count). The van der Waals surface area contributed by atoms with E-state index in [4.69, 9.17) is 5.11 Å². The van der Waals surface area contributed by atoms with E-state index in [-0.39, 0.29) is 18.4 Å². The number of carboxylic acids is 1. The quantitative estimate of drug-likeness (QED) is 0.552. The number of hydrogen-bond donors (Lipinski definition) is 3. The third-order valence-corrected chi connectivity index (χ3v) is 2.78. The molecule has 1 heterocycles. The summed E-state index contributed by atoms with van der Waals surface area (Å²) in [6.45, 7) is 1.11. The number of aliphatic carboxylic acids is 1. The molecule has 0 aliphatic carbocycles. The summed E-state index contributed by atoms with van der Waals surface area (Å²) in [5.41, 5.74) is 0. The van der Waals surface area contributed by atoms with E-state index in [0.717, 1.165) is 0 Å². The third kappa shape index (κ3) is 4.57.